The molecule has 0 fully saturated rings. The first-order valence-electron chi connectivity index (χ1n) is 5.26. The highest BCUT2D eigenvalue weighted by Gasteiger charge is 1.96. The van der Waals surface area contributed by atoms with Gasteiger partial charge in [-0.15, -0.1) is 0 Å². The Labute approximate surface area is 133 Å². The van der Waals surface area contributed by atoms with Crippen LogP contribution in [0.3, 0.4) is 0 Å². The van der Waals surface area contributed by atoms with E-state index in [1.165, 1.54) is 7.14 Å². The van der Waals surface area contributed by atoms with Crippen molar-refractivity contribution in [2.75, 3.05) is 5.32 Å². The number of aliphatic imine (C=N–C) groups is 1. The maximum atomic E-state index is 5.85. The molecule has 0 bridgehead atoms. The highest BCUT2D eigenvalue weighted by Crippen LogP contribution is 2.15. The number of nitrogens with zero attached hydrogens (tertiary/aromatic N) is 1. The van der Waals surface area contributed by atoms with Crippen LogP contribution in [0.15, 0.2) is 53.5 Å². The lowest BCUT2D eigenvalue weighted by molar-refractivity contribution is 1.43. The van der Waals surface area contributed by atoms with Gasteiger partial charge in [0.1, 0.15) is 0 Å². The third-order valence-electron chi connectivity index (χ3n) is 2.19. The van der Waals surface area contributed by atoms with Crippen LogP contribution in [0.5, 0.6) is 0 Å². The normalized spacial score (nSPS) is 11.3. The molecule has 3 nitrogen and oxygen atoms in total. The second kappa shape index (κ2) is 6.37. The van der Waals surface area contributed by atoms with Crippen molar-refractivity contribution in [2.24, 2.45) is 10.7 Å². The first-order valence-corrected chi connectivity index (χ1v) is 7.41. The van der Waals surface area contributed by atoms with E-state index in [-0.39, 0.29) is 0 Å². The van der Waals surface area contributed by atoms with Gasteiger partial charge in [-0.2, -0.15) is 0 Å². The SMILES string of the molecule is NC(=Nc1ccc(I)cc1)Nc1ccc(I)cc1. The number of hydrogen-bond acceptors (Lipinski definition) is 1. The standard InChI is InChI=1S/C13H11I2N3/c14-9-1-5-11(6-2-9)17-13(16)18-12-7-3-10(15)4-8-12/h1-8H,(H3,16,17,18). The number of guanidine groups is 1. The van der Waals surface area contributed by atoms with Crippen molar-refractivity contribution >= 4 is 62.5 Å². The van der Waals surface area contributed by atoms with Gasteiger partial charge < -0.3 is 11.1 Å². The molecule has 0 saturated heterocycles. The van der Waals surface area contributed by atoms with Gasteiger partial charge in [0, 0.05) is 12.8 Å². The van der Waals surface area contributed by atoms with Crippen molar-refractivity contribution in [1.82, 2.24) is 0 Å². The van der Waals surface area contributed by atoms with E-state index in [0.29, 0.717) is 5.96 Å². The molecule has 2 aromatic rings. The van der Waals surface area contributed by atoms with Crippen LogP contribution < -0.4 is 11.1 Å². The van der Waals surface area contributed by atoms with Crippen LogP contribution >= 0.6 is 45.2 Å². The summed E-state index contributed by atoms with van der Waals surface area (Å²) in [6.07, 6.45) is 0. The fourth-order valence-electron chi connectivity index (χ4n) is 1.36. The molecule has 0 saturated carbocycles. The zero-order valence-electron chi connectivity index (χ0n) is 9.40. The number of hydrogen-bond donors (Lipinski definition) is 2. The van der Waals surface area contributed by atoms with E-state index in [1.54, 1.807) is 0 Å². The van der Waals surface area contributed by atoms with Crippen molar-refractivity contribution in [3.63, 3.8) is 0 Å². The number of halogens is 2. The molecule has 0 atom stereocenters. The highest BCUT2D eigenvalue weighted by atomic mass is 127. The minimum absolute atomic E-state index is 0.386. The predicted octanol–water partition coefficient (Wildman–Crippen LogP) is 3.95. The lowest BCUT2D eigenvalue weighted by Crippen LogP contribution is -2.21. The van der Waals surface area contributed by atoms with Crippen LogP contribution in [-0.2, 0) is 0 Å². The molecule has 0 amide bonds. The fraction of sp³-hybridized carbons (Fsp3) is 0. The zero-order chi connectivity index (χ0) is 13.0. The van der Waals surface area contributed by atoms with E-state index in [4.69, 9.17) is 5.73 Å². The minimum Gasteiger partial charge on any atom is -0.369 e. The van der Waals surface area contributed by atoms with Gasteiger partial charge in [-0.1, -0.05) is 0 Å². The molecule has 5 heteroatoms. The molecule has 0 unspecified atom stereocenters. The van der Waals surface area contributed by atoms with Gasteiger partial charge in [0.25, 0.3) is 0 Å². The smallest absolute Gasteiger partial charge is 0.198 e. The Kier molecular flexibility index (Phi) is 4.81. The summed E-state index contributed by atoms with van der Waals surface area (Å²) >= 11 is 4.52. The maximum absolute atomic E-state index is 5.85. The summed E-state index contributed by atoms with van der Waals surface area (Å²) < 4.78 is 2.36. The Balaban J connectivity index is 2.09. The van der Waals surface area contributed by atoms with Crippen LogP contribution in [0.1, 0.15) is 0 Å². The quantitative estimate of drug-likeness (QED) is 0.403. The van der Waals surface area contributed by atoms with Crippen LogP contribution in [0, 0.1) is 7.14 Å². The lowest BCUT2D eigenvalue weighted by Gasteiger charge is -2.05. The molecule has 0 aliphatic heterocycles. The summed E-state index contributed by atoms with van der Waals surface area (Å²) in [5.74, 6) is 0.386. The van der Waals surface area contributed by atoms with Gasteiger partial charge >= 0.3 is 0 Å². The summed E-state index contributed by atoms with van der Waals surface area (Å²) in [6.45, 7) is 0. The van der Waals surface area contributed by atoms with E-state index < -0.39 is 0 Å². The number of benzene rings is 2. The van der Waals surface area contributed by atoms with E-state index >= 15 is 0 Å². The molecule has 0 radical (unpaired) electrons. The molecular formula is C13H11I2N3. The first-order chi connectivity index (χ1) is 8.63. The summed E-state index contributed by atoms with van der Waals surface area (Å²) in [5, 5.41) is 3.05. The van der Waals surface area contributed by atoms with Crippen LogP contribution in [0.25, 0.3) is 0 Å². The zero-order valence-corrected chi connectivity index (χ0v) is 13.7. The molecule has 0 aliphatic carbocycles. The second-order valence-corrected chi connectivity index (χ2v) is 6.10. The molecule has 18 heavy (non-hydrogen) atoms. The predicted molar refractivity (Wildman–Crippen MR) is 93.2 cm³/mol. The molecule has 0 heterocycles. The monoisotopic (exact) mass is 463 g/mol. The first kappa shape index (κ1) is 13.6. The number of rotatable bonds is 2. The van der Waals surface area contributed by atoms with Crippen LogP contribution in [0.4, 0.5) is 11.4 Å². The van der Waals surface area contributed by atoms with Gasteiger partial charge in [0.15, 0.2) is 5.96 Å². The van der Waals surface area contributed by atoms with E-state index in [0.717, 1.165) is 11.4 Å². The summed E-state index contributed by atoms with van der Waals surface area (Å²) in [6, 6.07) is 15.8. The van der Waals surface area contributed by atoms with E-state index in [1.807, 2.05) is 48.5 Å². The average molecular weight is 463 g/mol. The van der Waals surface area contributed by atoms with Crippen LogP contribution in [0.2, 0.25) is 0 Å². The fourth-order valence-corrected chi connectivity index (χ4v) is 2.08. The number of nitrogens with one attached hydrogen (secondary N) is 1. The lowest BCUT2D eigenvalue weighted by atomic mass is 10.3. The Morgan fingerprint density at radius 1 is 0.889 bits per heavy atom. The summed E-state index contributed by atoms with van der Waals surface area (Å²) in [5.41, 5.74) is 7.62. The van der Waals surface area contributed by atoms with Crippen molar-refractivity contribution in [2.45, 2.75) is 0 Å². The Hall–Kier alpha value is -0.830. The molecule has 0 aromatic heterocycles. The Morgan fingerprint density at radius 3 is 1.94 bits per heavy atom. The summed E-state index contributed by atoms with van der Waals surface area (Å²) in [7, 11) is 0. The number of anilines is 1. The molecular weight excluding hydrogens is 452 g/mol. The third kappa shape index (κ3) is 4.13. The van der Waals surface area contributed by atoms with E-state index in [2.05, 4.69) is 55.5 Å². The van der Waals surface area contributed by atoms with Crippen molar-refractivity contribution in [3.8, 4) is 0 Å². The van der Waals surface area contributed by atoms with Crippen molar-refractivity contribution in [3.05, 3.63) is 55.7 Å². The van der Waals surface area contributed by atoms with E-state index in [9.17, 15) is 0 Å². The topological polar surface area (TPSA) is 50.4 Å². The average Bonchev–Trinajstić information content (AvgIpc) is 2.35. The van der Waals surface area contributed by atoms with Gasteiger partial charge in [-0.25, -0.2) is 4.99 Å². The number of nitrogens with two attached hydrogens (primary N) is 1. The highest BCUT2D eigenvalue weighted by molar-refractivity contribution is 14.1. The Morgan fingerprint density at radius 2 is 1.39 bits per heavy atom. The molecule has 3 N–H and O–H groups in total. The van der Waals surface area contributed by atoms with Crippen molar-refractivity contribution in [1.29, 1.82) is 0 Å². The van der Waals surface area contributed by atoms with Crippen LogP contribution in [-0.4, -0.2) is 5.96 Å². The molecule has 2 aromatic carbocycles. The van der Waals surface area contributed by atoms with Gasteiger partial charge in [0.05, 0.1) is 5.69 Å². The molecule has 0 aliphatic rings. The van der Waals surface area contributed by atoms with Gasteiger partial charge in [-0.05, 0) is 93.7 Å². The van der Waals surface area contributed by atoms with Crippen molar-refractivity contribution < 1.29 is 0 Å². The largest absolute Gasteiger partial charge is 0.369 e. The van der Waals surface area contributed by atoms with Gasteiger partial charge in [0.2, 0.25) is 0 Å². The molecule has 0 spiro atoms. The second-order valence-electron chi connectivity index (χ2n) is 3.61. The maximum Gasteiger partial charge on any atom is 0.198 e. The summed E-state index contributed by atoms with van der Waals surface area (Å²) in [4.78, 5) is 4.30. The third-order valence-corrected chi connectivity index (χ3v) is 3.63. The molecule has 2 rings (SSSR count). The molecule has 92 valence electrons. The minimum atomic E-state index is 0.386. The Bertz CT molecular complexity index is 547. The van der Waals surface area contributed by atoms with Gasteiger partial charge in [-0.3, -0.25) is 0 Å².